The molecule has 0 saturated heterocycles. The summed E-state index contributed by atoms with van der Waals surface area (Å²) in [6.07, 6.45) is -2.86. The zero-order valence-electron chi connectivity index (χ0n) is 11.1. The molecule has 2 atom stereocenters. The SMILES string of the molecule is CC12CCC(c3c(C(F)(F)F)nc(N)nc31)C2(C)C. The third-order valence-corrected chi connectivity index (χ3v) is 5.33. The maximum Gasteiger partial charge on any atom is 0.433 e. The van der Waals surface area contributed by atoms with Crippen molar-refractivity contribution in [1.82, 2.24) is 9.97 Å². The van der Waals surface area contributed by atoms with Crippen LogP contribution in [0.4, 0.5) is 19.1 Å². The lowest BCUT2D eigenvalue weighted by atomic mass is 9.70. The van der Waals surface area contributed by atoms with Crippen molar-refractivity contribution in [3.05, 3.63) is 17.0 Å². The minimum Gasteiger partial charge on any atom is -0.368 e. The monoisotopic (exact) mass is 271 g/mol. The smallest absolute Gasteiger partial charge is 0.368 e. The summed E-state index contributed by atoms with van der Waals surface area (Å²) in [7, 11) is 0. The Balaban J connectivity index is 2.34. The van der Waals surface area contributed by atoms with Gasteiger partial charge in [0.2, 0.25) is 5.95 Å². The maximum atomic E-state index is 13.2. The molecule has 2 aliphatic carbocycles. The molecule has 1 aromatic rings. The number of aromatic nitrogens is 2. The number of alkyl halides is 3. The van der Waals surface area contributed by atoms with Gasteiger partial charge in [0, 0.05) is 11.0 Å². The highest BCUT2D eigenvalue weighted by atomic mass is 19.4. The first-order valence-electron chi connectivity index (χ1n) is 6.34. The predicted octanol–water partition coefficient (Wildman–Crippen LogP) is 3.25. The van der Waals surface area contributed by atoms with Gasteiger partial charge >= 0.3 is 6.18 Å². The van der Waals surface area contributed by atoms with Crippen LogP contribution in [0.1, 0.15) is 56.5 Å². The molecule has 3 rings (SSSR count). The lowest BCUT2D eigenvalue weighted by molar-refractivity contribution is -0.142. The van der Waals surface area contributed by atoms with Crippen LogP contribution in [0.15, 0.2) is 0 Å². The lowest BCUT2D eigenvalue weighted by Gasteiger charge is -2.34. The third kappa shape index (κ3) is 1.34. The highest BCUT2D eigenvalue weighted by molar-refractivity contribution is 5.50. The molecular weight excluding hydrogens is 255 g/mol. The molecule has 2 N–H and O–H groups in total. The van der Waals surface area contributed by atoms with Gasteiger partial charge in [-0.1, -0.05) is 20.8 Å². The average Bonchev–Trinajstić information content (AvgIpc) is 2.58. The van der Waals surface area contributed by atoms with Crippen LogP contribution < -0.4 is 5.73 Å². The second kappa shape index (κ2) is 3.22. The average molecular weight is 271 g/mol. The van der Waals surface area contributed by atoms with Crippen LogP contribution in [0.5, 0.6) is 0 Å². The van der Waals surface area contributed by atoms with E-state index in [4.69, 9.17) is 5.73 Å². The van der Waals surface area contributed by atoms with Crippen LogP contribution in [0, 0.1) is 5.41 Å². The van der Waals surface area contributed by atoms with Gasteiger partial charge in [-0.25, -0.2) is 9.97 Å². The van der Waals surface area contributed by atoms with Crippen molar-refractivity contribution < 1.29 is 13.2 Å². The van der Waals surface area contributed by atoms with Gasteiger partial charge in [-0.3, -0.25) is 0 Å². The van der Waals surface area contributed by atoms with Gasteiger partial charge in [0.15, 0.2) is 5.69 Å². The van der Waals surface area contributed by atoms with E-state index in [0.717, 1.165) is 12.8 Å². The first-order valence-corrected chi connectivity index (χ1v) is 6.34. The highest BCUT2D eigenvalue weighted by Gasteiger charge is 2.63. The number of fused-ring (bicyclic) bond motifs is 5. The molecule has 0 radical (unpaired) electrons. The Hall–Kier alpha value is -1.33. The Morgan fingerprint density at radius 1 is 1.21 bits per heavy atom. The Morgan fingerprint density at radius 2 is 1.84 bits per heavy atom. The molecule has 0 amide bonds. The second-order valence-electron chi connectivity index (χ2n) is 6.34. The summed E-state index contributed by atoms with van der Waals surface area (Å²) in [6.45, 7) is 6.02. The van der Waals surface area contributed by atoms with Crippen molar-refractivity contribution >= 4 is 5.95 Å². The largest absolute Gasteiger partial charge is 0.433 e. The molecule has 19 heavy (non-hydrogen) atoms. The first kappa shape index (κ1) is 12.7. The lowest BCUT2D eigenvalue weighted by Crippen LogP contribution is -2.32. The molecule has 1 saturated carbocycles. The highest BCUT2D eigenvalue weighted by Crippen LogP contribution is 2.68. The minimum absolute atomic E-state index is 0.135. The van der Waals surface area contributed by atoms with Gasteiger partial charge in [-0.2, -0.15) is 13.2 Å². The van der Waals surface area contributed by atoms with Gasteiger partial charge in [-0.15, -0.1) is 0 Å². The number of rotatable bonds is 0. The molecular formula is C13H16F3N3. The van der Waals surface area contributed by atoms with E-state index >= 15 is 0 Å². The van der Waals surface area contributed by atoms with E-state index in [9.17, 15) is 13.2 Å². The van der Waals surface area contributed by atoms with Crippen molar-refractivity contribution in [3.63, 3.8) is 0 Å². The number of nitrogens with zero attached hydrogens (tertiary/aromatic N) is 2. The quantitative estimate of drug-likeness (QED) is 0.788. The van der Waals surface area contributed by atoms with Gasteiger partial charge in [0.05, 0.1) is 5.69 Å². The van der Waals surface area contributed by atoms with Crippen LogP contribution in [0.3, 0.4) is 0 Å². The fraction of sp³-hybridized carbons (Fsp3) is 0.692. The van der Waals surface area contributed by atoms with E-state index < -0.39 is 11.9 Å². The number of hydrogen-bond donors (Lipinski definition) is 1. The number of anilines is 1. The standard InChI is InChI=1S/C13H16F3N3/c1-11(2)6-4-5-12(11,3)8-7(6)9(13(14,15)16)19-10(17)18-8/h6H,4-5H2,1-3H3,(H2,17,18,19). The van der Waals surface area contributed by atoms with Crippen molar-refractivity contribution in [2.45, 2.75) is 51.1 Å². The van der Waals surface area contributed by atoms with Crippen LogP contribution in [-0.2, 0) is 11.6 Å². The van der Waals surface area contributed by atoms with E-state index in [1.165, 1.54) is 0 Å². The summed E-state index contributed by atoms with van der Waals surface area (Å²) in [6, 6.07) is 0. The van der Waals surface area contributed by atoms with Crippen LogP contribution >= 0.6 is 0 Å². The molecule has 0 aliphatic heterocycles. The first-order chi connectivity index (χ1) is 8.59. The molecule has 104 valence electrons. The number of nitrogen functional groups attached to an aromatic ring is 1. The predicted molar refractivity (Wildman–Crippen MR) is 64.6 cm³/mol. The Labute approximate surface area is 109 Å². The number of hydrogen-bond acceptors (Lipinski definition) is 3. The maximum absolute atomic E-state index is 13.2. The minimum atomic E-state index is -4.47. The molecule has 3 nitrogen and oxygen atoms in total. The van der Waals surface area contributed by atoms with E-state index in [1.54, 1.807) is 0 Å². The normalized spacial score (nSPS) is 31.6. The fourth-order valence-electron chi connectivity index (χ4n) is 3.88. The van der Waals surface area contributed by atoms with Gasteiger partial charge in [0.25, 0.3) is 0 Å². The van der Waals surface area contributed by atoms with E-state index in [0.29, 0.717) is 5.69 Å². The van der Waals surface area contributed by atoms with E-state index in [1.807, 2.05) is 20.8 Å². The summed E-state index contributed by atoms with van der Waals surface area (Å²) >= 11 is 0. The van der Waals surface area contributed by atoms with Gasteiger partial charge in [-0.05, 0) is 24.2 Å². The molecule has 1 heterocycles. The van der Waals surface area contributed by atoms with Gasteiger partial charge < -0.3 is 5.73 Å². The van der Waals surface area contributed by atoms with Crippen LogP contribution in [0.2, 0.25) is 0 Å². The van der Waals surface area contributed by atoms with E-state index in [-0.39, 0.29) is 28.3 Å². The molecule has 1 fully saturated rings. The summed E-state index contributed by atoms with van der Waals surface area (Å²) in [5.74, 6) is -0.416. The number of halogens is 3. The summed E-state index contributed by atoms with van der Waals surface area (Å²) in [5, 5.41) is 0. The van der Waals surface area contributed by atoms with Crippen molar-refractivity contribution in [2.24, 2.45) is 5.41 Å². The zero-order valence-corrected chi connectivity index (χ0v) is 11.1. The van der Waals surface area contributed by atoms with Crippen molar-refractivity contribution in [1.29, 1.82) is 0 Å². The van der Waals surface area contributed by atoms with E-state index in [2.05, 4.69) is 9.97 Å². The summed E-state index contributed by atoms with van der Waals surface area (Å²) < 4.78 is 39.5. The zero-order chi connectivity index (χ0) is 14.2. The molecule has 2 aliphatic rings. The molecule has 1 aromatic heterocycles. The third-order valence-electron chi connectivity index (χ3n) is 5.33. The summed E-state index contributed by atoms with van der Waals surface area (Å²) in [5.41, 5.74) is 4.85. The molecule has 6 heteroatoms. The summed E-state index contributed by atoms with van der Waals surface area (Å²) in [4.78, 5) is 7.62. The topological polar surface area (TPSA) is 51.8 Å². The second-order valence-corrected chi connectivity index (χ2v) is 6.34. The van der Waals surface area contributed by atoms with Crippen LogP contribution in [0.25, 0.3) is 0 Å². The van der Waals surface area contributed by atoms with Crippen molar-refractivity contribution in [2.75, 3.05) is 5.73 Å². The Bertz CT molecular complexity index is 565. The Kier molecular flexibility index (Phi) is 2.15. The Morgan fingerprint density at radius 3 is 2.42 bits per heavy atom. The van der Waals surface area contributed by atoms with Crippen molar-refractivity contribution in [3.8, 4) is 0 Å². The number of nitrogens with two attached hydrogens (primary N) is 1. The molecule has 2 unspecified atom stereocenters. The van der Waals surface area contributed by atoms with Gasteiger partial charge in [0.1, 0.15) is 0 Å². The molecule has 0 spiro atoms. The molecule has 2 bridgehead atoms. The van der Waals surface area contributed by atoms with Crippen LogP contribution in [-0.4, -0.2) is 9.97 Å². The molecule has 0 aromatic carbocycles. The fourth-order valence-corrected chi connectivity index (χ4v) is 3.88.